The van der Waals surface area contributed by atoms with Gasteiger partial charge in [-0.05, 0) is 50.4 Å². The molecule has 1 N–H and O–H groups in total. The molecule has 1 unspecified atom stereocenters. The van der Waals surface area contributed by atoms with Crippen molar-refractivity contribution < 1.29 is 14.6 Å². The fraction of sp³-hybridized carbons (Fsp3) is 1.00. The predicted octanol–water partition coefficient (Wildman–Crippen LogP) is 3.35. The molecule has 0 radical (unpaired) electrons. The van der Waals surface area contributed by atoms with Crippen LogP contribution in [-0.4, -0.2) is 30.2 Å². The minimum absolute atomic E-state index is 0.0996. The van der Waals surface area contributed by atoms with Crippen molar-refractivity contribution in [1.82, 2.24) is 0 Å². The van der Waals surface area contributed by atoms with Crippen LogP contribution < -0.4 is 0 Å². The van der Waals surface area contributed by atoms with E-state index in [1.807, 2.05) is 0 Å². The third-order valence-corrected chi connectivity index (χ3v) is 4.65. The zero-order chi connectivity index (χ0) is 13.9. The molecule has 1 heterocycles. The first-order valence-corrected chi connectivity index (χ1v) is 7.94. The molecule has 19 heavy (non-hydrogen) atoms. The summed E-state index contributed by atoms with van der Waals surface area (Å²) < 4.78 is 11.1. The standard InChI is InChI=1S/C16H30O3/c1-12(2)10-14-4-6-16(17,7-5-14)11-13(3)15-18-8-9-19-15/h12-15,17H,4-11H2,1-3H3/t13?,14-,16+. The van der Waals surface area contributed by atoms with E-state index in [0.29, 0.717) is 13.2 Å². The van der Waals surface area contributed by atoms with Crippen molar-refractivity contribution in [2.45, 2.75) is 71.2 Å². The van der Waals surface area contributed by atoms with E-state index in [1.54, 1.807) is 0 Å². The zero-order valence-electron chi connectivity index (χ0n) is 12.7. The molecule has 3 heteroatoms. The molecule has 2 rings (SSSR count). The molecule has 0 aromatic rings. The topological polar surface area (TPSA) is 38.7 Å². The van der Waals surface area contributed by atoms with Crippen LogP contribution in [0.4, 0.5) is 0 Å². The van der Waals surface area contributed by atoms with Gasteiger partial charge in [0.05, 0.1) is 18.8 Å². The maximum absolute atomic E-state index is 10.7. The number of ether oxygens (including phenoxy) is 2. The summed E-state index contributed by atoms with van der Waals surface area (Å²) in [6.07, 6.45) is 6.26. The van der Waals surface area contributed by atoms with Gasteiger partial charge in [-0.1, -0.05) is 20.8 Å². The van der Waals surface area contributed by atoms with E-state index in [4.69, 9.17) is 9.47 Å². The summed E-state index contributed by atoms with van der Waals surface area (Å²) in [5, 5.41) is 10.7. The van der Waals surface area contributed by atoms with Gasteiger partial charge in [-0.25, -0.2) is 0 Å². The maximum Gasteiger partial charge on any atom is 0.160 e. The second-order valence-corrected chi connectivity index (χ2v) is 7.09. The molecule has 3 nitrogen and oxygen atoms in total. The van der Waals surface area contributed by atoms with E-state index in [9.17, 15) is 5.11 Å². The zero-order valence-corrected chi connectivity index (χ0v) is 12.7. The molecule has 1 saturated carbocycles. The molecule has 1 aliphatic carbocycles. The maximum atomic E-state index is 10.7. The van der Waals surface area contributed by atoms with E-state index in [-0.39, 0.29) is 12.2 Å². The molecule has 2 aliphatic rings. The van der Waals surface area contributed by atoms with Gasteiger partial charge in [0, 0.05) is 5.92 Å². The Hall–Kier alpha value is -0.120. The van der Waals surface area contributed by atoms with Gasteiger partial charge in [-0.2, -0.15) is 0 Å². The number of hydrogen-bond donors (Lipinski definition) is 1. The molecule has 1 aliphatic heterocycles. The molecular weight excluding hydrogens is 240 g/mol. The Morgan fingerprint density at radius 3 is 2.21 bits per heavy atom. The first-order valence-electron chi connectivity index (χ1n) is 7.94. The quantitative estimate of drug-likeness (QED) is 0.832. The van der Waals surface area contributed by atoms with Crippen molar-refractivity contribution in [1.29, 1.82) is 0 Å². The van der Waals surface area contributed by atoms with Gasteiger partial charge in [0.2, 0.25) is 0 Å². The Bertz CT molecular complexity index is 263. The molecule has 1 saturated heterocycles. The summed E-state index contributed by atoms with van der Waals surface area (Å²) in [4.78, 5) is 0. The van der Waals surface area contributed by atoms with Crippen LogP contribution in [0.25, 0.3) is 0 Å². The van der Waals surface area contributed by atoms with Crippen molar-refractivity contribution >= 4 is 0 Å². The lowest BCUT2D eigenvalue weighted by molar-refractivity contribution is -0.111. The van der Waals surface area contributed by atoms with Gasteiger partial charge >= 0.3 is 0 Å². The third-order valence-electron chi connectivity index (χ3n) is 4.65. The van der Waals surface area contributed by atoms with E-state index < -0.39 is 5.60 Å². The van der Waals surface area contributed by atoms with Crippen molar-refractivity contribution in [2.75, 3.05) is 13.2 Å². The van der Waals surface area contributed by atoms with Crippen LogP contribution in [0.15, 0.2) is 0 Å². The molecule has 0 aromatic carbocycles. The Morgan fingerprint density at radius 1 is 1.11 bits per heavy atom. The second-order valence-electron chi connectivity index (χ2n) is 7.09. The van der Waals surface area contributed by atoms with Crippen LogP contribution in [-0.2, 0) is 9.47 Å². The van der Waals surface area contributed by atoms with Crippen LogP contribution in [0.3, 0.4) is 0 Å². The van der Waals surface area contributed by atoms with Gasteiger partial charge in [-0.3, -0.25) is 0 Å². The summed E-state index contributed by atoms with van der Waals surface area (Å²) in [6.45, 7) is 8.11. The molecule has 0 aromatic heterocycles. The molecule has 2 fully saturated rings. The molecule has 1 atom stereocenters. The summed E-state index contributed by atoms with van der Waals surface area (Å²) in [6, 6.07) is 0. The van der Waals surface area contributed by atoms with Crippen molar-refractivity contribution in [3.63, 3.8) is 0 Å². The molecule has 0 bridgehead atoms. The van der Waals surface area contributed by atoms with Crippen LogP contribution >= 0.6 is 0 Å². The fourth-order valence-electron chi connectivity index (χ4n) is 3.72. The highest BCUT2D eigenvalue weighted by Crippen LogP contribution is 2.39. The summed E-state index contributed by atoms with van der Waals surface area (Å²) in [7, 11) is 0. The number of rotatable bonds is 5. The monoisotopic (exact) mass is 270 g/mol. The van der Waals surface area contributed by atoms with Crippen LogP contribution in [0.5, 0.6) is 0 Å². The van der Waals surface area contributed by atoms with Gasteiger partial charge in [-0.15, -0.1) is 0 Å². The summed E-state index contributed by atoms with van der Waals surface area (Å²) in [5.74, 6) is 1.87. The normalized spacial score (nSPS) is 34.9. The lowest BCUT2D eigenvalue weighted by atomic mass is 9.73. The average molecular weight is 270 g/mol. The number of aliphatic hydroxyl groups is 1. The summed E-state index contributed by atoms with van der Waals surface area (Å²) >= 11 is 0. The molecule has 0 spiro atoms. The minimum atomic E-state index is -0.484. The molecule has 112 valence electrons. The first-order chi connectivity index (χ1) is 8.98. The van der Waals surface area contributed by atoms with Crippen LogP contribution in [0.1, 0.15) is 59.3 Å². The first kappa shape index (κ1) is 15.3. The largest absolute Gasteiger partial charge is 0.390 e. The Morgan fingerprint density at radius 2 is 1.68 bits per heavy atom. The Labute approximate surface area is 117 Å². The van der Waals surface area contributed by atoms with Crippen molar-refractivity contribution in [3.8, 4) is 0 Å². The lowest BCUT2D eigenvalue weighted by Crippen LogP contribution is -2.38. The van der Waals surface area contributed by atoms with Crippen molar-refractivity contribution in [2.24, 2.45) is 17.8 Å². The third kappa shape index (κ3) is 4.44. The second kappa shape index (κ2) is 6.55. The Kier molecular flexibility index (Phi) is 5.27. The molecular formula is C16H30O3. The van der Waals surface area contributed by atoms with E-state index >= 15 is 0 Å². The number of hydrogen-bond acceptors (Lipinski definition) is 3. The van der Waals surface area contributed by atoms with E-state index in [2.05, 4.69) is 20.8 Å². The van der Waals surface area contributed by atoms with E-state index in [0.717, 1.165) is 31.1 Å². The van der Waals surface area contributed by atoms with Gasteiger partial charge in [0.15, 0.2) is 6.29 Å². The van der Waals surface area contributed by atoms with Crippen LogP contribution in [0, 0.1) is 17.8 Å². The van der Waals surface area contributed by atoms with Gasteiger partial charge in [0.1, 0.15) is 0 Å². The minimum Gasteiger partial charge on any atom is -0.390 e. The van der Waals surface area contributed by atoms with E-state index in [1.165, 1.54) is 19.3 Å². The SMILES string of the molecule is CC(C)C[C@H]1CC[C@](O)(CC(C)C2OCCO2)CC1. The van der Waals surface area contributed by atoms with Gasteiger partial charge in [0.25, 0.3) is 0 Å². The highest BCUT2D eigenvalue weighted by Gasteiger charge is 2.37. The van der Waals surface area contributed by atoms with Crippen LogP contribution in [0.2, 0.25) is 0 Å². The Balaban J connectivity index is 1.77. The summed E-state index contributed by atoms with van der Waals surface area (Å²) in [5.41, 5.74) is -0.484. The highest BCUT2D eigenvalue weighted by molar-refractivity contribution is 4.87. The lowest BCUT2D eigenvalue weighted by Gasteiger charge is -2.38. The fourth-order valence-corrected chi connectivity index (χ4v) is 3.72. The predicted molar refractivity (Wildman–Crippen MR) is 75.8 cm³/mol. The highest BCUT2D eigenvalue weighted by atomic mass is 16.7. The average Bonchev–Trinajstić information content (AvgIpc) is 2.85. The van der Waals surface area contributed by atoms with Gasteiger partial charge < -0.3 is 14.6 Å². The van der Waals surface area contributed by atoms with Crippen molar-refractivity contribution in [3.05, 3.63) is 0 Å². The molecule has 0 amide bonds. The smallest absolute Gasteiger partial charge is 0.160 e.